The van der Waals surface area contributed by atoms with Crippen LogP contribution in [0.2, 0.25) is 0 Å². The summed E-state index contributed by atoms with van der Waals surface area (Å²) < 4.78 is 0. The van der Waals surface area contributed by atoms with Crippen LogP contribution in [-0.4, -0.2) is 10.8 Å². The van der Waals surface area contributed by atoms with Crippen LogP contribution >= 0.6 is 0 Å². The SMILES string of the molecule is CC(=O)Nc1ccc(CNc2ccc([N+](=O)[O-])c(C#N)c2)cc1. The molecular formula is C16H14N4O3. The average Bonchev–Trinajstić information content (AvgIpc) is 2.53. The molecule has 0 unspecified atom stereocenters. The Hall–Kier alpha value is -3.40. The number of hydrogen-bond acceptors (Lipinski definition) is 5. The molecule has 0 aliphatic rings. The number of nitro groups is 1. The smallest absolute Gasteiger partial charge is 0.287 e. The molecule has 0 aliphatic heterocycles. The number of amides is 1. The number of rotatable bonds is 5. The van der Waals surface area contributed by atoms with E-state index in [1.54, 1.807) is 18.2 Å². The maximum Gasteiger partial charge on any atom is 0.287 e. The van der Waals surface area contributed by atoms with E-state index in [0.29, 0.717) is 17.9 Å². The van der Waals surface area contributed by atoms with Gasteiger partial charge in [-0.05, 0) is 29.8 Å². The Morgan fingerprint density at radius 3 is 2.43 bits per heavy atom. The van der Waals surface area contributed by atoms with Crippen molar-refractivity contribution < 1.29 is 9.72 Å². The summed E-state index contributed by atoms with van der Waals surface area (Å²) in [5, 5.41) is 25.5. The highest BCUT2D eigenvalue weighted by atomic mass is 16.6. The van der Waals surface area contributed by atoms with Crippen molar-refractivity contribution in [1.82, 2.24) is 0 Å². The van der Waals surface area contributed by atoms with Gasteiger partial charge in [0.05, 0.1) is 4.92 Å². The molecule has 2 aromatic rings. The predicted octanol–water partition coefficient (Wildman–Crippen LogP) is 3.04. The van der Waals surface area contributed by atoms with Gasteiger partial charge in [0.2, 0.25) is 5.91 Å². The summed E-state index contributed by atoms with van der Waals surface area (Å²) in [5.74, 6) is -0.134. The van der Waals surface area contributed by atoms with E-state index in [-0.39, 0.29) is 17.2 Å². The number of nitrogens with zero attached hydrogens (tertiary/aromatic N) is 2. The normalized spacial score (nSPS) is 9.74. The molecule has 0 fully saturated rings. The van der Waals surface area contributed by atoms with E-state index in [4.69, 9.17) is 5.26 Å². The summed E-state index contributed by atoms with van der Waals surface area (Å²) in [7, 11) is 0. The number of nitrogens with one attached hydrogen (secondary N) is 2. The van der Waals surface area contributed by atoms with Crippen molar-refractivity contribution in [3.05, 3.63) is 63.7 Å². The Morgan fingerprint density at radius 1 is 1.22 bits per heavy atom. The highest BCUT2D eigenvalue weighted by Gasteiger charge is 2.13. The Morgan fingerprint density at radius 2 is 1.87 bits per heavy atom. The molecule has 2 N–H and O–H groups in total. The van der Waals surface area contributed by atoms with Crippen molar-refractivity contribution in [2.75, 3.05) is 10.6 Å². The van der Waals surface area contributed by atoms with Gasteiger partial charge >= 0.3 is 0 Å². The average molecular weight is 310 g/mol. The molecule has 0 saturated carbocycles. The quantitative estimate of drug-likeness (QED) is 0.651. The number of hydrogen-bond donors (Lipinski definition) is 2. The number of carbonyl (C=O) groups excluding carboxylic acids is 1. The second-order valence-corrected chi connectivity index (χ2v) is 4.83. The Labute approximate surface area is 132 Å². The van der Waals surface area contributed by atoms with Crippen LogP contribution in [0, 0.1) is 21.4 Å². The molecule has 0 atom stereocenters. The zero-order chi connectivity index (χ0) is 16.8. The van der Waals surface area contributed by atoms with Crippen LogP contribution in [0.1, 0.15) is 18.1 Å². The zero-order valence-corrected chi connectivity index (χ0v) is 12.4. The van der Waals surface area contributed by atoms with Gasteiger partial charge in [-0.1, -0.05) is 12.1 Å². The van der Waals surface area contributed by atoms with Crippen molar-refractivity contribution >= 4 is 23.0 Å². The molecule has 0 spiro atoms. The van der Waals surface area contributed by atoms with Gasteiger partial charge in [-0.2, -0.15) is 5.26 Å². The molecule has 0 bridgehead atoms. The van der Waals surface area contributed by atoms with Gasteiger partial charge in [0, 0.05) is 30.9 Å². The summed E-state index contributed by atoms with van der Waals surface area (Å²) in [6.45, 7) is 1.93. The van der Waals surface area contributed by atoms with Crippen LogP contribution in [0.25, 0.3) is 0 Å². The molecule has 116 valence electrons. The molecule has 2 rings (SSSR count). The Kier molecular flexibility index (Phi) is 4.89. The third-order valence-corrected chi connectivity index (χ3v) is 3.08. The second kappa shape index (κ2) is 7.04. The fourth-order valence-electron chi connectivity index (χ4n) is 2.01. The largest absolute Gasteiger partial charge is 0.381 e. The molecule has 7 heteroatoms. The summed E-state index contributed by atoms with van der Waals surface area (Å²) in [5.41, 5.74) is 2.11. The van der Waals surface area contributed by atoms with Crippen LogP contribution < -0.4 is 10.6 Å². The number of carbonyl (C=O) groups is 1. The molecule has 7 nitrogen and oxygen atoms in total. The zero-order valence-electron chi connectivity index (χ0n) is 12.4. The van der Waals surface area contributed by atoms with Gasteiger partial charge in [-0.3, -0.25) is 14.9 Å². The molecule has 23 heavy (non-hydrogen) atoms. The summed E-state index contributed by atoms with van der Waals surface area (Å²) in [6, 6.07) is 13.4. The van der Waals surface area contributed by atoms with E-state index in [9.17, 15) is 14.9 Å². The minimum absolute atomic E-state index is 0.0148. The van der Waals surface area contributed by atoms with Crippen LogP contribution in [0.4, 0.5) is 17.1 Å². The summed E-state index contributed by atoms with van der Waals surface area (Å²) in [6.07, 6.45) is 0. The molecule has 0 saturated heterocycles. The third-order valence-electron chi connectivity index (χ3n) is 3.08. The van der Waals surface area contributed by atoms with Gasteiger partial charge in [-0.25, -0.2) is 0 Å². The maximum atomic E-state index is 10.9. The van der Waals surface area contributed by atoms with E-state index in [2.05, 4.69) is 10.6 Å². The number of benzene rings is 2. The van der Waals surface area contributed by atoms with Gasteiger partial charge in [0.15, 0.2) is 0 Å². The van der Waals surface area contributed by atoms with E-state index in [1.807, 2.05) is 18.2 Å². The predicted molar refractivity (Wildman–Crippen MR) is 85.9 cm³/mol. The van der Waals surface area contributed by atoms with Gasteiger partial charge in [0.1, 0.15) is 11.6 Å². The Balaban J connectivity index is 2.05. The molecule has 0 heterocycles. The molecule has 2 aromatic carbocycles. The lowest BCUT2D eigenvalue weighted by atomic mass is 10.1. The minimum atomic E-state index is -0.580. The van der Waals surface area contributed by atoms with Gasteiger partial charge in [-0.15, -0.1) is 0 Å². The Bertz CT molecular complexity index is 779. The highest BCUT2D eigenvalue weighted by molar-refractivity contribution is 5.88. The van der Waals surface area contributed by atoms with Crippen LogP contribution in [0.15, 0.2) is 42.5 Å². The summed E-state index contributed by atoms with van der Waals surface area (Å²) in [4.78, 5) is 21.2. The first-order valence-corrected chi connectivity index (χ1v) is 6.78. The minimum Gasteiger partial charge on any atom is -0.381 e. The molecule has 1 amide bonds. The van der Waals surface area contributed by atoms with Gasteiger partial charge in [0.25, 0.3) is 5.69 Å². The topological polar surface area (TPSA) is 108 Å². The van der Waals surface area contributed by atoms with E-state index >= 15 is 0 Å². The fraction of sp³-hybridized carbons (Fsp3) is 0.125. The monoisotopic (exact) mass is 310 g/mol. The van der Waals surface area contributed by atoms with Crippen LogP contribution in [-0.2, 0) is 11.3 Å². The lowest BCUT2D eigenvalue weighted by molar-refractivity contribution is -0.385. The van der Waals surface area contributed by atoms with Crippen molar-refractivity contribution in [3.8, 4) is 6.07 Å². The number of anilines is 2. The second-order valence-electron chi connectivity index (χ2n) is 4.83. The van der Waals surface area contributed by atoms with Crippen molar-refractivity contribution in [2.45, 2.75) is 13.5 Å². The molecular weight excluding hydrogens is 296 g/mol. The first kappa shape index (κ1) is 16.0. The lowest BCUT2D eigenvalue weighted by Crippen LogP contribution is -2.06. The van der Waals surface area contributed by atoms with Crippen molar-refractivity contribution in [2.24, 2.45) is 0 Å². The summed E-state index contributed by atoms with van der Waals surface area (Å²) >= 11 is 0. The number of nitro benzene ring substituents is 1. The first-order chi connectivity index (χ1) is 11.0. The van der Waals surface area contributed by atoms with Gasteiger partial charge < -0.3 is 10.6 Å². The molecule has 0 radical (unpaired) electrons. The van der Waals surface area contributed by atoms with Crippen LogP contribution in [0.5, 0.6) is 0 Å². The van der Waals surface area contributed by atoms with Crippen molar-refractivity contribution in [1.29, 1.82) is 5.26 Å². The highest BCUT2D eigenvalue weighted by Crippen LogP contribution is 2.22. The third kappa shape index (κ3) is 4.28. The molecule has 0 aromatic heterocycles. The maximum absolute atomic E-state index is 10.9. The lowest BCUT2D eigenvalue weighted by Gasteiger charge is -2.08. The fourth-order valence-corrected chi connectivity index (χ4v) is 2.01. The van der Waals surface area contributed by atoms with Crippen molar-refractivity contribution in [3.63, 3.8) is 0 Å². The van der Waals surface area contributed by atoms with E-state index < -0.39 is 4.92 Å². The first-order valence-electron chi connectivity index (χ1n) is 6.78. The standard InChI is InChI=1S/C16H14N4O3/c1-11(21)19-14-4-2-12(3-5-14)10-18-15-6-7-16(20(22)23)13(8-15)9-17/h2-8,18H,10H2,1H3,(H,19,21). The van der Waals surface area contributed by atoms with E-state index in [1.165, 1.54) is 19.1 Å². The van der Waals surface area contributed by atoms with Crippen LogP contribution in [0.3, 0.4) is 0 Å². The van der Waals surface area contributed by atoms with E-state index in [0.717, 1.165) is 5.56 Å². The number of nitriles is 1. The molecule has 0 aliphatic carbocycles.